The van der Waals surface area contributed by atoms with Gasteiger partial charge in [-0.1, -0.05) is 46.3 Å². The summed E-state index contributed by atoms with van der Waals surface area (Å²) in [6.45, 7) is 0. The average Bonchev–Trinajstić information content (AvgIpc) is 2.53. The molecule has 2 aromatic rings. The smallest absolute Gasteiger partial charge is 0.313 e. The Morgan fingerprint density at radius 2 is 2.00 bits per heavy atom. The topological polar surface area (TPSA) is 109 Å². The monoisotopic (exact) mass is 409 g/mol. The summed E-state index contributed by atoms with van der Waals surface area (Å²) in [7, 11) is -4.06. The summed E-state index contributed by atoms with van der Waals surface area (Å²) in [6, 6.07) is 4.60. The number of aromatic nitrogens is 2. The highest BCUT2D eigenvalue weighted by Crippen LogP contribution is 2.33. The zero-order valence-electron chi connectivity index (χ0n) is 12.1. The number of halogens is 1. The van der Waals surface area contributed by atoms with Crippen molar-refractivity contribution in [1.29, 1.82) is 0 Å². The Kier molecular flexibility index (Phi) is 4.24. The number of hydrogen-bond acceptors (Lipinski definition) is 5. The van der Waals surface area contributed by atoms with Crippen LogP contribution in [-0.4, -0.2) is 33.9 Å². The number of aliphatic carboxylic acids is 1. The molecule has 0 aliphatic heterocycles. The Hall–Kier alpha value is -2.10. The van der Waals surface area contributed by atoms with E-state index in [-0.39, 0.29) is 10.4 Å². The molecule has 1 aromatic carbocycles. The van der Waals surface area contributed by atoms with Gasteiger partial charge in [-0.2, -0.15) is 4.72 Å². The molecule has 0 saturated carbocycles. The number of allylic oxidation sites excluding steroid dienone is 2. The second-order valence-corrected chi connectivity index (χ2v) is 8.08. The van der Waals surface area contributed by atoms with Crippen LogP contribution in [0, 0.1) is 5.92 Å². The quantitative estimate of drug-likeness (QED) is 0.588. The van der Waals surface area contributed by atoms with Crippen molar-refractivity contribution in [3.8, 4) is 0 Å². The molecule has 2 unspecified atom stereocenters. The van der Waals surface area contributed by atoms with Crippen molar-refractivity contribution in [1.82, 2.24) is 14.7 Å². The van der Waals surface area contributed by atoms with Gasteiger partial charge in [0.25, 0.3) is 0 Å². The maximum Gasteiger partial charge on any atom is 0.313 e. The van der Waals surface area contributed by atoms with Crippen LogP contribution in [0.15, 0.2) is 59.8 Å². The first kappa shape index (κ1) is 16.7. The molecule has 3 rings (SSSR count). The van der Waals surface area contributed by atoms with Crippen molar-refractivity contribution in [2.75, 3.05) is 0 Å². The third-order valence-electron chi connectivity index (χ3n) is 3.51. The Labute approximate surface area is 146 Å². The van der Waals surface area contributed by atoms with Gasteiger partial charge in [0.05, 0.1) is 5.52 Å². The number of fused-ring (bicyclic) bond motifs is 1. The molecule has 0 fully saturated rings. The summed E-state index contributed by atoms with van der Waals surface area (Å²) in [5.41, 5.74) is 0.642. The molecule has 124 valence electrons. The number of para-hydroxylation sites is 1. The van der Waals surface area contributed by atoms with Crippen molar-refractivity contribution in [3.05, 3.63) is 54.9 Å². The molecule has 1 aliphatic carbocycles. The fourth-order valence-corrected chi connectivity index (χ4v) is 4.94. The molecule has 9 heteroatoms. The minimum absolute atomic E-state index is 0.0704. The number of nitrogens with zero attached hydrogens (tertiary/aromatic N) is 2. The predicted octanol–water partition coefficient (Wildman–Crippen LogP) is 1.83. The summed E-state index contributed by atoms with van der Waals surface area (Å²) in [4.78, 5) is 19.5. The fourth-order valence-electron chi connectivity index (χ4n) is 2.42. The van der Waals surface area contributed by atoms with Gasteiger partial charge in [-0.05, 0) is 12.1 Å². The number of benzene rings is 1. The lowest BCUT2D eigenvalue weighted by Gasteiger charge is -2.31. The molecule has 7 nitrogen and oxygen atoms in total. The number of rotatable bonds is 4. The first-order valence-corrected chi connectivity index (χ1v) is 9.12. The van der Waals surface area contributed by atoms with Crippen molar-refractivity contribution in [3.63, 3.8) is 0 Å². The second-order valence-electron chi connectivity index (χ2n) is 5.11. The van der Waals surface area contributed by atoms with Crippen LogP contribution in [-0.2, 0) is 14.8 Å². The molecular formula is C15H12BrN3O4S. The van der Waals surface area contributed by atoms with Crippen molar-refractivity contribution >= 4 is 43.0 Å². The van der Waals surface area contributed by atoms with Crippen LogP contribution >= 0.6 is 15.9 Å². The number of carboxylic acid groups (broad SMARTS) is 1. The lowest BCUT2D eigenvalue weighted by molar-refractivity contribution is -0.140. The van der Waals surface area contributed by atoms with Crippen LogP contribution in [0.25, 0.3) is 11.0 Å². The SMILES string of the molecule is O=C(O)C1C=CC=CC1(Br)NS(=O)(=O)c1cccc2nccnc12. The maximum atomic E-state index is 12.8. The predicted molar refractivity (Wildman–Crippen MR) is 90.9 cm³/mol. The molecule has 0 spiro atoms. The molecule has 1 aromatic heterocycles. The van der Waals surface area contributed by atoms with Crippen molar-refractivity contribution in [2.24, 2.45) is 5.92 Å². The first-order valence-electron chi connectivity index (χ1n) is 6.85. The van der Waals surface area contributed by atoms with Gasteiger partial charge in [-0.15, -0.1) is 0 Å². The van der Waals surface area contributed by atoms with E-state index in [2.05, 4.69) is 30.6 Å². The van der Waals surface area contributed by atoms with E-state index in [0.29, 0.717) is 5.52 Å². The Bertz CT molecular complexity index is 968. The van der Waals surface area contributed by atoms with Gasteiger partial charge in [-0.3, -0.25) is 14.8 Å². The lowest BCUT2D eigenvalue weighted by Crippen LogP contribution is -2.50. The fraction of sp³-hybridized carbons (Fsp3) is 0.133. The third kappa shape index (κ3) is 2.97. The minimum atomic E-state index is -4.06. The Morgan fingerprint density at radius 1 is 1.25 bits per heavy atom. The molecule has 0 amide bonds. The van der Waals surface area contributed by atoms with E-state index in [4.69, 9.17) is 0 Å². The number of hydrogen-bond donors (Lipinski definition) is 2. The summed E-state index contributed by atoms with van der Waals surface area (Å²) < 4.78 is 26.6. The van der Waals surface area contributed by atoms with Crippen LogP contribution < -0.4 is 4.72 Å². The number of nitrogens with one attached hydrogen (secondary N) is 1. The third-order valence-corrected chi connectivity index (χ3v) is 6.25. The molecule has 2 N–H and O–H groups in total. The number of sulfonamides is 1. The van der Waals surface area contributed by atoms with Gasteiger partial charge in [0.15, 0.2) is 0 Å². The molecule has 0 radical (unpaired) electrons. The van der Waals surface area contributed by atoms with Crippen LogP contribution in [0.1, 0.15) is 0 Å². The van der Waals surface area contributed by atoms with Crippen LogP contribution in [0.4, 0.5) is 0 Å². The van der Waals surface area contributed by atoms with Gasteiger partial charge in [0.1, 0.15) is 20.8 Å². The molecule has 24 heavy (non-hydrogen) atoms. The summed E-state index contributed by atoms with van der Waals surface area (Å²) in [6.07, 6.45) is 8.83. The van der Waals surface area contributed by atoms with Crippen molar-refractivity contribution in [2.45, 2.75) is 9.34 Å². The summed E-state index contributed by atoms with van der Waals surface area (Å²) in [5, 5.41) is 9.34. The van der Waals surface area contributed by atoms with Gasteiger partial charge in [0.2, 0.25) is 10.0 Å². The van der Waals surface area contributed by atoms with E-state index in [1.807, 2.05) is 0 Å². The summed E-state index contributed by atoms with van der Waals surface area (Å²) in [5.74, 6) is -2.26. The zero-order valence-corrected chi connectivity index (χ0v) is 14.5. The average molecular weight is 410 g/mol. The summed E-state index contributed by atoms with van der Waals surface area (Å²) >= 11 is 3.21. The molecule has 0 saturated heterocycles. The Balaban J connectivity index is 2.06. The molecule has 2 atom stereocenters. The molecule has 1 heterocycles. The largest absolute Gasteiger partial charge is 0.481 e. The van der Waals surface area contributed by atoms with Gasteiger partial charge in [-0.25, -0.2) is 8.42 Å². The van der Waals surface area contributed by atoms with E-state index in [0.717, 1.165) is 0 Å². The van der Waals surface area contributed by atoms with Gasteiger partial charge in [0, 0.05) is 12.4 Å². The molecule has 1 aliphatic rings. The van der Waals surface area contributed by atoms with Crippen molar-refractivity contribution < 1.29 is 18.3 Å². The first-order chi connectivity index (χ1) is 11.3. The van der Waals surface area contributed by atoms with E-state index in [9.17, 15) is 18.3 Å². The number of alkyl halides is 1. The molecular weight excluding hydrogens is 398 g/mol. The van der Waals surface area contributed by atoms with Crippen LogP contribution in [0.3, 0.4) is 0 Å². The van der Waals surface area contributed by atoms with E-state index < -0.39 is 26.4 Å². The lowest BCUT2D eigenvalue weighted by atomic mass is 9.96. The van der Waals surface area contributed by atoms with E-state index in [1.54, 1.807) is 24.3 Å². The van der Waals surface area contributed by atoms with Crippen LogP contribution in [0.5, 0.6) is 0 Å². The van der Waals surface area contributed by atoms with Gasteiger partial charge < -0.3 is 5.11 Å². The van der Waals surface area contributed by atoms with E-state index >= 15 is 0 Å². The van der Waals surface area contributed by atoms with E-state index in [1.165, 1.54) is 30.6 Å². The highest BCUT2D eigenvalue weighted by atomic mass is 79.9. The highest BCUT2D eigenvalue weighted by molar-refractivity contribution is 9.10. The highest BCUT2D eigenvalue weighted by Gasteiger charge is 2.42. The second kappa shape index (κ2) is 6.08. The zero-order chi connectivity index (χ0) is 17.4. The maximum absolute atomic E-state index is 12.8. The minimum Gasteiger partial charge on any atom is -0.481 e. The normalized spacial score (nSPS) is 23.5. The number of carbonyl (C=O) groups is 1. The van der Waals surface area contributed by atoms with Gasteiger partial charge >= 0.3 is 5.97 Å². The van der Waals surface area contributed by atoms with Crippen LogP contribution in [0.2, 0.25) is 0 Å². The standard InChI is InChI=1S/C15H12BrN3O4S/c16-15(7-2-1-4-10(15)14(20)21)19-24(22,23)12-6-3-5-11-13(12)18-9-8-17-11/h1-10,19H,(H,20,21). The number of carboxylic acids is 1. The Morgan fingerprint density at radius 3 is 2.75 bits per heavy atom. The molecule has 0 bridgehead atoms.